The second kappa shape index (κ2) is 10.9. The topological polar surface area (TPSA) is 105 Å². The zero-order valence-corrected chi connectivity index (χ0v) is 23.2. The standard InChI is InChI=1S/C29H28FN7O2S/c1-29(2,26(38)34-27-35-31-17-40-27)25(18-8-6-5-7-9-18)19-10-12-23-20(14-19)16-32-37(23)24-13-11-21(30)15-22(24)33-28(39)36(3)4/h5-17,25H,1-4H3,(H,33,39)(H,34,35,38). The first-order valence-electron chi connectivity index (χ1n) is 12.5. The van der Waals surface area contributed by atoms with Crippen LogP contribution in [0.4, 0.5) is 20.0 Å². The van der Waals surface area contributed by atoms with Crippen molar-refractivity contribution in [3.8, 4) is 5.69 Å². The molecule has 1 atom stereocenters. The van der Waals surface area contributed by atoms with E-state index in [1.54, 1.807) is 36.6 Å². The second-order valence-electron chi connectivity index (χ2n) is 10.1. The highest BCUT2D eigenvalue weighted by Crippen LogP contribution is 2.43. The number of benzene rings is 3. The van der Waals surface area contributed by atoms with E-state index in [0.29, 0.717) is 16.5 Å². The maximum absolute atomic E-state index is 14.1. The number of nitrogens with one attached hydrogen (secondary N) is 2. The maximum Gasteiger partial charge on any atom is 0.321 e. The lowest BCUT2D eigenvalue weighted by Gasteiger charge is -2.33. The van der Waals surface area contributed by atoms with Crippen LogP contribution in [0.1, 0.15) is 30.9 Å². The minimum Gasteiger partial charge on any atom is -0.331 e. The van der Waals surface area contributed by atoms with Crippen LogP contribution < -0.4 is 10.6 Å². The number of anilines is 2. The molecule has 5 aromatic rings. The third kappa shape index (κ3) is 5.28. The highest BCUT2D eigenvalue weighted by Gasteiger charge is 2.39. The van der Waals surface area contributed by atoms with Crippen molar-refractivity contribution in [1.29, 1.82) is 0 Å². The van der Waals surface area contributed by atoms with E-state index in [0.717, 1.165) is 22.0 Å². The second-order valence-corrected chi connectivity index (χ2v) is 11.0. The average molecular weight is 558 g/mol. The normalized spacial score (nSPS) is 12.2. The van der Waals surface area contributed by atoms with Crippen LogP contribution in [0.3, 0.4) is 0 Å². The number of nitrogens with zero attached hydrogens (tertiary/aromatic N) is 5. The molecule has 0 saturated carbocycles. The molecule has 1 unspecified atom stereocenters. The van der Waals surface area contributed by atoms with Crippen LogP contribution in [0.25, 0.3) is 16.6 Å². The van der Waals surface area contributed by atoms with Crippen molar-refractivity contribution in [1.82, 2.24) is 24.9 Å². The van der Waals surface area contributed by atoms with Gasteiger partial charge < -0.3 is 15.5 Å². The van der Waals surface area contributed by atoms with Crippen molar-refractivity contribution in [3.05, 3.63) is 95.4 Å². The summed E-state index contributed by atoms with van der Waals surface area (Å²) in [4.78, 5) is 27.2. The highest BCUT2D eigenvalue weighted by molar-refractivity contribution is 7.13. The van der Waals surface area contributed by atoms with Crippen molar-refractivity contribution in [3.63, 3.8) is 0 Å². The molecule has 0 spiro atoms. The number of hydrogen-bond acceptors (Lipinski definition) is 6. The van der Waals surface area contributed by atoms with Crippen LogP contribution in [-0.2, 0) is 4.79 Å². The number of carbonyl (C=O) groups is 2. The van der Waals surface area contributed by atoms with Crippen LogP contribution >= 0.6 is 11.3 Å². The summed E-state index contributed by atoms with van der Waals surface area (Å²) in [6.07, 6.45) is 1.72. The largest absolute Gasteiger partial charge is 0.331 e. The average Bonchev–Trinajstić information content (AvgIpc) is 3.59. The summed E-state index contributed by atoms with van der Waals surface area (Å²) in [5, 5.41) is 19.2. The van der Waals surface area contributed by atoms with Crippen molar-refractivity contribution in [2.24, 2.45) is 5.41 Å². The fourth-order valence-electron chi connectivity index (χ4n) is 4.73. The van der Waals surface area contributed by atoms with Gasteiger partial charge in [-0.1, -0.05) is 61.6 Å². The van der Waals surface area contributed by atoms with Gasteiger partial charge in [-0.25, -0.2) is 13.9 Å². The number of rotatable bonds is 7. The predicted molar refractivity (Wildman–Crippen MR) is 154 cm³/mol. The molecule has 0 saturated heterocycles. The number of halogens is 1. The third-order valence-electron chi connectivity index (χ3n) is 6.78. The Bertz CT molecular complexity index is 1670. The van der Waals surface area contributed by atoms with E-state index >= 15 is 0 Å². The zero-order chi connectivity index (χ0) is 28.4. The van der Waals surface area contributed by atoms with Crippen molar-refractivity contribution in [2.45, 2.75) is 19.8 Å². The Labute approximate surface area is 234 Å². The molecule has 0 aliphatic rings. The Balaban J connectivity index is 1.56. The van der Waals surface area contributed by atoms with Gasteiger partial charge in [-0.2, -0.15) is 5.10 Å². The summed E-state index contributed by atoms with van der Waals surface area (Å²) >= 11 is 1.26. The van der Waals surface area contributed by atoms with Gasteiger partial charge in [0.15, 0.2) is 0 Å². The molecule has 2 heterocycles. The number of amides is 3. The van der Waals surface area contributed by atoms with E-state index in [4.69, 9.17) is 0 Å². The van der Waals surface area contributed by atoms with Crippen LogP contribution in [0.2, 0.25) is 0 Å². The Kier molecular flexibility index (Phi) is 7.31. The number of hydrogen-bond donors (Lipinski definition) is 2. The fraction of sp³-hybridized carbons (Fsp3) is 0.207. The molecule has 2 N–H and O–H groups in total. The van der Waals surface area contributed by atoms with Gasteiger partial charge in [0, 0.05) is 25.4 Å². The van der Waals surface area contributed by atoms with Gasteiger partial charge in [0.2, 0.25) is 11.0 Å². The quantitative estimate of drug-likeness (QED) is 0.259. The molecule has 11 heteroatoms. The van der Waals surface area contributed by atoms with Crippen LogP contribution in [0.15, 0.2) is 78.4 Å². The molecule has 0 fully saturated rings. The number of aromatic nitrogens is 4. The van der Waals surface area contributed by atoms with Crippen LogP contribution in [0.5, 0.6) is 0 Å². The predicted octanol–water partition coefficient (Wildman–Crippen LogP) is 5.91. The van der Waals surface area contributed by atoms with Gasteiger partial charge >= 0.3 is 6.03 Å². The molecule has 5 rings (SSSR count). The highest BCUT2D eigenvalue weighted by atomic mass is 32.1. The van der Waals surface area contributed by atoms with Gasteiger partial charge in [0.25, 0.3) is 0 Å². The van der Waals surface area contributed by atoms with Gasteiger partial charge in [-0.05, 0) is 41.5 Å². The van der Waals surface area contributed by atoms with E-state index in [1.807, 2.05) is 62.4 Å². The first-order valence-corrected chi connectivity index (χ1v) is 13.4. The van der Waals surface area contributed by atoms with Crippen molar-refractivity contribution < 1.29 is 14.0 Å². The Morgan fingerprint density at radius 3 is 2.48 bits per heavy atom. The Morgan fingerprint density at radius 2 is 1.77 bits per heavy atom. The first kappa shape index (κ1) is 26.9. The Hall–Kier alpha value is -4.64. The molecule has 0 aliphatic heterocycles. The molecule has 9 nitrogen and oxygen atoms in total. The summed E-state index contributed by atoms with van der Waals surface area (Å²) in [6, 6.07) is 19.6. The molecule has 204 valence electrons. The van der Waals surface area contributed by atoms with Crippen molar-refractivity contribution >= 4 is 45.0 Å². The summed E-state index contributed by atoms with van der Waals surface area (Å²) in [5.74, 6) is -0.951. The van der Waals surface area contributed by atoms with E-state index in [1.165, 1.54) is 28.4 Å². The lowest BCUT2D eigenvalue weighted by molar-refractivity contribution is -0.124. The number of urea groups is 1. The molecule has 40 heavy (non-hydrogen) atoms. The summed E-state index contributed by atoms with van der Waals surface area (Å²) in [7, 11) is 3.22. The van der Waals surface area contributed by atoms with Gasteiger partial charge in [-0.15, -0.1) is 10.2 Å². The minimum absolute atomic E-state index is 0.179. The number of carbonyl (C=O) groups excluding carboxylic acids is 2. The molecular formula is C29H28FN7O2S. The Morgan fingerprint density at radius 1 is 1.00 bits per heavy atom. The van der Waals surface area contributed by atoms with E-state index in [-0.39, 0.29) is 17.9 Å². The molecule has 0 radical (unpaired) electrons. The van der Waals surface area contributed by atoms with Crippen LogP contribution in [0, 0.1) is 11.2 Å². The van der Waals surface area contributed by atoms with Crippen LogP contribution in [-0.4, -0.2) is 50.9 Å². The van der Waals surface area contributed by atoms with E-state index in [2.05, 4.69) is 25.9 Å². The summed E-state index contributed by atoms with van der Waals surface area (Å²) < 4.78 is 15.8. The minimum atomic E-state index is -0.864. The van der Waals surface area contributed by atoms with Gasteiger partial charge in [0.05, 0.1) is 28.5 Å². The SMILES string of the molecule is CN(C)C(=O)Nc1cc(F)ccc1-n1ncc2cc(C(c3ccccc3)C(C)(C)C(=O)Nc3nncs3)ccc21. The molecular weight excluding hydrogens is 529 g/mol. The molecule has 3 amide bonds. The lowest BCUT2D eigenvalue weighted by atomic mass is 9.70. The van der Waals surface area contributed by atoms with E-state index < -0.39 is 11.2 Å². The maximum atomic E-state index is 14.1. The first-order chi connectivity index (χ1) is 19.1. The molecule has 3 aromatic carbocycles. The van der Waals surface area contributed by atoms with Gasteiger partial charge in [0.1, 0.15) is 11.3 Å². The molecule has 0 bridgehead atoms. The third-order valence-corrected chi connectivity index (χ3v) is 7.39. The zero-order valence-electron chi connectivity index (χ0n) is 22.4. The lowest BCUT2D eigenvalue weighted by Crippen LogP contribution is -2.37. The fourth-order valence-corrected chi connectivity index (χ4v) is 5.17. The molecule has 2 aromatic heterocycles. The summed E-state index contributed by atoms with van der Waals surface area (Å²) in [6.45, 7) is 3.82. The smallest absolute Gasteiger partial charge is 0.321 e. The monoisotopic (exact) mass is 557 g/mol. The number of fused-ring (bicyclic) bond motifs is 1. The molecule has 0 aliphatic carbocycles. The van der Waals surface area contributed by atoms with Gasteiger partial charge in [-0.3, -0.25) is 4.79 Å². The van der Waals surface area contributed by atoms with E-state index in [9.17, 15) is 14.0 Å². The van der Waals surface area contributed by atoms with Crippen molar-refractivity contribution in [2.75, 3.05) is 24.7 Å². The summed E-state index contributed by atoms with van der Waals surface area (Å²) in [5.41, 5.74) is 4.20.